The van der Waals surface area contributed by atoms with Crippen LogP contribution in [0.1, 0.15) is 6.42 Å². The zero-order valence-corrected chi connectivity index (χ0v) is 11.2. The molecule has 0 aromatic carbocycles. The molecule has 7 heteroatoms. The molecule has 0 saturated carbocycles. The zero-order valence-electron chi connectivity index (χ0n) is 11.2. The molecule has 0 aromatic rings. The molecule has 2 N–H and O–H groups in total. The fraction of sp³-hybridized carbons (Fsp3) is 0.667. The molecule has 108 valence electrons. The number of urea groups is 1. The van der Waals surface area contributed by atoms with Crippen molar-refractivity contribution >= 4 is 12.0 Å². The van der Waals surface area contributed by atoms with Gasteiger partial charge in [-0.1, -0.05) is 6.08 Å². The third kappa shape index (κ3) is 3.93. The maximum atomic E-state index is 12.0. The molecule has 1 aliphatic heterocycles. The molecular formula is C12H20N2O5. The highest BCUT2D eigenvalue weighted by molar-refractivity contribution is 5.82. The molecule has 3 atom stereocenters. The van der Waals surface area contributed by atoms with Crippen LogP contribution in [0.5, 0.6) is 0 Å². The molecule has 1 aliphatic rings. The Labute approximate surface area is 112 Å². The van der Waals surface area contributed by atoms with Gasteiger partial charge in [0.05, 0.1) is 13.1 Å². The van der Waals surface area contributed by atoms with Crippen LogP contribution in [0, 0.1) is 0 Å². The lowest BCUT2D eigenvalue weighted by Gasteiger charge is -2.20. The summed E-state index contributed by atoms with van der Waals surface area (Å²) in [6, 6.07) is -1.40. The topological polar surface area (TPSA) is 88.1 Å². The Kier molecular flexibility index (Phi) is 5.78. The van der Waals surface area contributed by atoms with Crippen LogP contribution in [0.4, 0.5) is 4.79 Å². The summed E-state index contributed by atoms with van der Waals surface area (Å²) in [5.41, 5.74) is 0. The number of hydrogen-bond acceptors (Lipinski definition) is 4. The van der Waals surface area contributed by atoms with E-state index in [1.807, 2.05) is 0 Å². The van der Waals surface area contributed by atoms with Crippen LogP contribution in [0.3, 0.4) is 0 Å². The average Bonchev–Trinajstić information content (AvgIpc) is 2.81. The van der Waals surface area contributed by atoms with Gasteiger partial charge in [0.1, 0.15) is 18.2 Å². The number of carboxylic acid groups (broad SMARTS) is 1. The van der Waals surface area contributed by atoms with Gasteiger partial charge in [-0.25, -0.2) is 9.59 Å². The Hall–Kier alpha value is -1.60. The Balaban J connectivity index is 2.58. The van der Waals surface area contributed by atoms with Crippen LogP contribution in [0.2, 0.25) is 0 Å². The van der Waals surface area contributed by atoms with E-state index in [4.69, 9.17) is 14.6 Å². The standard InChI is InChI=1S/C12H20N2O5/c1-4-5-8(11(15)16)13-12(17)14-6-9(18-2)10(7-14)19-3/h4,8-10H,1,5-7H2,2-3H3,(H,13,17)(H,15,16). The molecular weight excluding hydrogens is 252 g/mol. The van der Waals surface area contributed by atoms with Gasteiger partial charge in [-0.05, 0) is 6.42 Å². The van der Waals surface area contributed by atoms with E-state index in [1.165, 1.54) is 11.0 Å². The summed E-state index contributed by atoms with van der Waals surface area (Å²) in [4.78, 5) is 24.4. The summed E-state index contributed by atoms with van der Waals surface area (Å²) >= 11 is 0. The second-order valence-electron chi connectivity index (χ2n) is 4.32. The number of ether oxygens (including phenoxy) is 2. The number of nitrogens with one attached hydrogen (secondary N) is 1. The fourth-order valence-corrected chi connectivity index (χ4v) is 1.99. The molecule has 19 heavy (non-hydrogen) atoms. The number of aliphatic carboxylic acids is 1. The highest BCUT2D eigenvalue weighted by Crippen LogP contribution is 2.15. The van der Waals surface area contributed by atoms with Crippen molar-refractivity contribution < 1.29 is 24.2 Å². The lowest BCUT2D eigenvalue weighted by atomic mass is 10.2. The van der Waals surface area contributed by atoms with Crippen LogP contribution in [-0.2, 0) is 14.3 Å². The number of carbonyl (C=O) groups is 2. The summed E-state index contributed by atoms with van der Waals surface area (Å²) in [7, 11) is 3.10. The minimum atomic E-state index is -1.08. The van der Waals surface area contributed by atoms with E-state index in [9.17, 15) is 9.59 Å². The van der Waals surface area contributed by atoms with E-state index in [2.05, 4.69) is 11.9 Å². The van der Waals surface area contributed by atoms with Crippen molar-refractivity contribution in [2.24, 2.45) is 0 Å². The van der Waals surface area contributed by atoms with E-state index in [0.29, 0.717) is 13.1 Å². The average molecular weight is 272 g/mol. The first-order chi connectivity index (χ1) is 9.03. The van der Waals surface area contributed by atoms with Crippen molar-refractivity contribution in [2.45, 2.75) is 24.7 Å². The van der Waals surface area contributed by atoms with Crippen LogP contribution in [0.25, 0.3) is 0 Å². The van der Waals surface area contributed by atoms with Gasteiger partial charge in [-0.15, -0.1) is 6.58 Å². The number of methoxy groups -OCH3 is 2. The molecule has 1 fully saturated rings. The van der Waals surface area contributed by atoms with Gasteiger partial charge in [0.25, 0.3) is 0 Å². The molecule has 3 unspecified atom stereocenters. The smallest absolute Gasteiger partial charge is 0.326 e. The van der Waals surface area contributed by atoms with Gasteiger partial charge in [0, 0.05) is 14.2 Å². The largest absolute Gasteiger partial charge is 0.480 e. The van der Waals surface area contributed by atoms with E-state index in [-0.39, 0.29) is 18.6 Å². The predicted octanol–water partition coefficient (Wildman–Crippen LogP) is 0.0709. The second kappa shape index (κ2) is 7.10. The summed E-state index contributed by atoms with van der Waals surface area (Å²) < 4.78 is 10.4. The number of hydrogen-bond donors (Lipinski definition) is 2. The predicted molar refractivity (Wildman–Crippen MR) is 67.9 cm³/mol. The monoisotopic (exact) mass is 272 g/mol. The Bertz CT molecular complexity index is 335. The van der Waals surface area contributed by atoms with E-state index in [1.54, 1.807) is 14.2 Å². The van der Waals surface area contributed by atoms with Crippen molar-refractivity contribution in [3.05, 3.63) is 12.7 Å². The van der Waals surface area contributed by atoms with E-state index < -0.39 is 18.0 Å². The molecule has 1 saturated heterocycles. The summed E-state index contributed by atoms with van der Waals surface area (Å²) in [6.45, 7) is 4.22. The van der Waals surface area contributed by atoms with Crippen molar-refractivity contribution in [2.75, 3.05) is 27.3 Å². The van der Waals surface area contributed by atoms with Crippen molar-refractivity contribution in [1.82, 2.24) is 10.2 Å². The number of rotatable bonds is 6. The number of amides is 2. The number of carbonyl (C=O) groups excluding carboxylic acids is 1. The second-order valence-corrected chi connectivity index (χ2v) is 4.32. The van der Waals surface area contributed by atoms with Crippen molar-refractivity contribution in [3.63, 3.8) is 0 Å². The first-order valence-electron chi connectivity index (χ1n) is 5.98. The van der Waals surface area contributed by atoms with Crippen LogP contribution in [0.15, 0.2) is 12.7 Å². The van der Waals surface area contributed by atoms with Gasteiger partial charge in [0.2, 0.25) is 0 Å². The molecule has 0 spiro atoms. The lowest BCUT2D eigenvalue weighted by molar-refractivity contribution is -0.139. The fourth-order valence-electron chi connectivity index (χ4n) is 1.99. The number of nitrogens with zero attached hydrogens (tertiary/aromatic N) is 1. The molecule has 0 aromatic heterocycles. The Morgan fingerprint density at radius 1 is 1.42 bits per heavy atom. The van der Waals surface area contributed by atoms with Gasteiger partial charge >= 0.3 is 12.0 Å². The van der Waals surface area contributed by atoms with E-state index in [0.717, 1.165) is 0 Å². The van der Waals surface area contributed by atoms with Crippen LogP contribution < -0.4 is 5.32 Å². The number of carboxylic acids is 1. The minimum Gasteiger partial charge on any atom is -0.480 e. The maximum Gasteiger partial charge on any atom is 0.326 e. The highest BCUT2D eigenvalue weighted by atomic mass is 16.5. The molecule has 1 heterocycles. The SMILES string of the molecule is C=CCC(NC(=O)N1CC(OC)C(OC)C1)C(=O)O. The minimum absolute atomic E-state index is 0.177. The van der Waals surface area contributed by atoms with E-state index >= 15 is 0 Å². The van der Waals surface area contributed by atoms with Gasteiger partial charge in [-0.2, -0.15) is 0 Å². The Morgan fingerprint density at radius 3 is 2.32 bits per heavy atom. The van der Waals surface area contributed by atoms with Crippen LogP contribution >= 0.6 is 0 Å². The van der Waals surface area contributed by atoms with Gasteiger partial charge in [-0.3, -0.25) is 0 Å². The molecule has 0 radical (unpaired) electrons. The normalized spacial score (nSPS) is 24.0. The first kappa shape index (κ1) is 15.5. The lowest BCUT2D eigenvalue weighted by Crippen LogP contribution is -2.47. The first-order valence-corrected chi connectivity index (χ1v) is 5.98. The van der Waals surface area contributed by atoms with Gasteiger partial charge in [0.15, 0.2) is 0 Å². The third-order valence-corrected chi connectivity index (χ3v) is 3.11. The van der Waals surface area contributed by atoms with Crippen LogP contribution in [-0.4, -0.2) is 67.6 Å². The summed E-state index contributed by atoms with van der Waals surface area (Å²) in [6.07, 6.45) is 1.24. The molecule has 2 amide bonds. The summed E-state index contributed by atoms with van der Waals surface area (Å²) in [5.74, 6) is -1.08. The van der Waals surface area contributed by atoms with Crippen molar-refractivity contribution in [3.8, 4) is 0 Å². The molecule has 0 bridgehead atoms. The molecule has 7 nitrogen and oxygen atoms in total. The Morgan fingerprint density at radius 2 is 1.95 bits per heavy atom. The molecule has 0 aliphatic carbocycles. The summed E-state index contributed by atoms with van der Waals surface area (Å²) in [5, 5.41) is 11.4. The number of likely N-dealkylation sites (tertiary alicyclic amines) is 1. The van der Waals surface area contributed by atoms with Gasteiger partial charge < -0.3 is 24.8 Å². The third-order valence-electron chi connectivity index (χ3n) is 3.11. The molecule has 1 rings (SSSR count). The maximum absolute atomic E-state index is 12.0. The van der Waals surface area contributed by atoms with Crippen molar-refractivity contribution in [1.29, 1.82) is 0 Å². The highest BCUT2D eigenvalue weighted by Gasteiger charge is 2.36. The quantitative estimate of drug-likeness (QED) is 0.668. The zero-order chi connectivity index (χ0) is 14.4.